The summed E-state index contributed by atoms with van der Waals surface area (Å²) < 4.78 is 5.52. The van der Waals surface area contributed by atoms with E-state index in [4.69, 9.17) is 10.6 Å². The third-order valence-electron chi connectivity index (χ3n) is 2.90. The van der Waals surface area contributed by atoms with Gasteiger partial charge in [0.2, 0.25) is 0 Å². The van der Waals surface area contributed by atoms with Crippen LogP contribution in [0.5, 0.6) is 0 Å². The predicted molar refractivity (Wildman–Crippen MR) is 77.7 cm³/mol. The molecule has 0 radical (unpaired) electrons. The van der Waals surface area contributed by atoms with Gasteiger partial charge in [-0.15, -0.1) is 0 Å². The molecule has 0 saturated heterocycles. The summed E-state index contributed by atoms with van der Waals surface area (Å²) in [4.78, 5) is 0. The first-order valence-electron chi connectivity index (χ1n) is 6.96. The molecule has 0 spiro atoms. The molecular weight excluding hydrogens is 224 g/mol. The number of nitrogens with two attached hydrogens (primary N) is 1. The van der Waals surface area contributed by atoms with Gasteiger partial charge in [-0.05, 0) is 30.5 Å². The Morgan fingerprint density at radius 3 is 2.72 bits per heavy atom. The van der Waals surface area contributed by atoms with Gasteiger partial charge in [-0.2, -0.15) is 0 Å². The molecule has 0 heterocycles. The lowest BCUT2D eigenvalue weighted by atomic mass is 10.1. The van der Waals surface area contributed by atoms with Gasteiger partial charge in [-0.1, -0.05) is 38.8 Å². The molecule has 2 N–H and O–H groups in total. The van der Waals surface area contributed by atoms with Gasteiger partial charge in [-0.3, -0.25) is 0 Å². The molecule has 0 unspecified atom stereocenters. The number of ether oxygens (including phenoxy) is 1. The van der Waals surface area contributed by atoms with Gasteiger partial charge < -0.3 is 9.75 Å². The van der Waals surface area contributed by atoms with Gasteiger partial charge in [0.05, 0.1) is 18.8 Å². The summed E-state index contributed by atoms with van der Waals surface area (Å²) in [5.41, 5.74) is 2.41. The number of aryl methyl sites for hydroxylation is 1. The van der Waals surface area contributed by atoms with Crippen LogP contribution in [-0.4, -0.2) is 19.8 Å². The second kappa shape index (κ2) is 8.95. The zero-order chi connectivity index (χ0) is 13.2. The molecule has 0 amide bonds. The highest BCUT2D eigenvalue weighted by Crippen LogP contribution is 2.14. The van der Waals surface area contributed by atoms with Crippen LogP contribution in [0.2, 0.25) is 0 Å². The molecule has 0 atom stereocenters. The molecule has 0 aromatic heterocycles. The molecule has 102 valence electrons. The molecule has 0 bridgehead atoms. The van der Waals surface area contributed by atoms with Crippen molar-refractivity contribution in [3.8, 4) is 0 Å². The van der Waals surface area contributed by atoms with Crippen LogP contribution in [0.4, 0.5) is 5.69 Å². The van der Waals surface area contributed by atoms with Gasteiger partial charge in [-0.25, -0.2) is 5.84 Å². The smallest absolute Gasteiger partial charge is 0.0657 e. The van der Waals surface area contributed by atoms with Crippen molar-refractivity contribution in [1.29, 1.82) is 0 Å². The van der Waals surface area contributed by atoms with Crippen LogP contribution in [0.3, 0.4) is 0 Å². The van der Waals surface area contributed by atoms with E-state index in [0.29, 0.717) is 6.61 Å². The van der Waals surface area contributed by atoms with E-state index in [0.717, 1.165) is 38.1 Å². The maximum atomic E-state index is 6.03. The molecule has 0 aliphatic carbocycles. The maximum Gasteiger partial charge on any atom is 0.0657 e. The maximum absolute atomic E-state index is 6.03. The number of unbranched alkanes of at least 4 members (excludes halogenated alkanes) is 1. The summed E-state index contributed by atoms with van der Waals surface area (Å²) in [7, 11) is 0. The van der Waals surface area contributed by atoms with Crippen molar-refractivity contribution in [3.63, 3.8) is 0 Å². The van der Waals surface area contributed by atoms with E-state index in [1.54, 1.807) is 5.01 Å². The molecule has 18 heavy (non-hydrogen) atoms. The van der Waals surface area contributed by atoms with Crippen molar-refractivity contribution in [2.24, 2.45) is 5.84 Å². The fourth-order valence-electron chi connectivity index (χ4n) is 1.82. The Labute approximate surface area is 111 Å². The fraction of sp³-hybridized carbons (Fsp3) is 0.600. The van der Waals surface area contributed by atoms with Crippen molar-refractivity contribution < 1.29 is 4.74 Å². The second-order valence-corrected chi connectivity index (χ2v) is 4.58. The molecule has 1 aromatic carbocycles. The van der Waals surface area contributed by atoms with Crippen LogP contribution < -0.4 is 10.9 Å². The average molecular weight is 250 g/mol. The minimum atomic E-state index is 0.689. The SMILES string of the molecule is CCCCOCCN(N)c1cccc(CCC)c1. The first kappa shape index (κ1) is 15.0. The summed E-state index contributed by atoms with van der Waals surface area (Å²) in [6, 6.07) is 8.43. The van der Waals surface area contributed by atoms with Crippen LogP contribution in [0.1, 0.15) is 38.7 Å². The Kier molecular flexibility index (Phi) is 7.46. The van der Waals surface area contributed by atoms with Crippen LogP contribution >= 0.6 is 0 Å². The normalized spacial score (nSPS) is 10.6. The molecule has 1 rings (SSSR count). The van der Waals surface area contributed by atoms with Crippen molar-refractivity contribution >= 4 is 5.69 Å². The molecular formula is C15H26N2O. The second-order valence-electron chi connectivity index (χ2n) is 4.58. The minimum Gasteiger partial charge on any atom is -0.380 e. The van der Waals surface area contributed by atoms with Crippen molar-refractivity contribution in [3.05, 3.63) is 29.8 Å². The Morgan fingerprint density at radius 1 is 1.17 bits per heavy atom. The van der Waals surface area contributed by atoms with Crippen molar-refractivity contribution in [1.82, 2.24) is 0 Å². The van der Waals surface area contributed by atoms with E-state index in [9.17, 15) is 0 Å². The lowest BCUT2D eigenvalue weighted by molar-refractivity contribution is 0.137. The average Bonchev–Trinajstić information content (AvgIpc) is 2.39. The Morgan fingerprint density at radius 2 is 2.00 bits per heavy atom. The van der Waals surface area contributed by atoms with Crippen molar-refractivity contribution in [2.75, 3.05) is 24.8 Å². The highest BCUT2D eigenvalue weighted by Gasteiger charge is 2.02. The first-order chi connectivity index (χ1) is 8.77. The van der Waals surface area contributed by atoms with Crippen molar-refractivity contribution in [2.45, 2.75) is 39.5 Å². The molecule has 0 fully saturated rings. The standard InChI is InChI=1S/C15H26N2O/c1-3-5-11-18-12-10-17(16)15-9-6-8-14(13-15)7-4-2/h6,8-9,13H,3-5,7,10-12,16H2,1-2H3. The fourth-order valence-corrected chi connectivity index (χ4v) is 1.82. The summed E-state index contributed by atoms with van der Waals surface area (Å²) in [6.45, 7) is 6.61. The van der Waals surface area contributed by atoms with E-state index in [1.165, 1.54) is 12.0 Å². The summed E-state index contributed by atoms with van der Waals surface area (Å²) in [6.07, 6.45) is 4.56. The van der Waals surface area contributed by atoms with Gasteiger partial charge in [0.15, 0.2) is 0 Å². The highest BCUT2D eigenvalue weighted by molar-refractivity contribution is 5.47. The quantitative estimate of drug-likeness (QED) is 0.416. The number of nitrogens with zero attached hydrogens (tertiary/aromatic N) is 1. The van der Waals surface area contributed by atoms with Crippen LogP contribution in [0.15, 0.2) is 24.3 Å². The molecule has 1 aromatic rings. The molecule has 0 aliphatic rings. The van der Waals surface area contributed by atoms with Crippen LogP contribution in [0, 0.1) is 0 Å². The zero-order valence-corrected chi connectivity index (χ0v) is 11.7. The predicted octanol–water partition coefficient (Wildman–Crippen LogP) is 3.14. The number of benzene rings is 1. The first-order valence-corrected chi connectivity index (χ1v) is 6.96. The summed E-state index contributed by atoms with van der Waals surface area (Å²) in [5.74, 6) is 6.03. The molecule has 3 heteroatoms. The Bertz CT molecular complexity index is 328. The minimum absolute atomic E-state index is 0.689. The van der Waals surface area contributed by atoms with E-state index in [2.05, 4.69) is 32.0 Å². The highest BCUT2D eigenvalue weighted by atomic mass is 16.5. The monoisotopic (exact) mass is 250 g/mol. The topological polar surface area (TPSA) is 38.5 Å². The third-order valence-corrected chi connectivity index (χ3v) is 2.90. The zero-order valence-electron chi connectivity index (χ0n) is 11.7. The molecule has 0 saturated carbocycles. The lowest BCUT2D eigenvalue weighted by Crippen LogP contribution is -2.34. The molecule has 0 aliphatic heterocycles. The summed E-state index contributed by atoms with van der Waals surface area (Å²) >= 11 is 0. The Hall–Kier alpha value is -1.06. The van der Waals surface area contributed by atoms with E-state index in [1.807, 2.05) is 6.07 Å². The van der Waals surface area contributed by atoms with E-state index >= 15 is 0 Å². The third kappa shape index (κ3) is 5.52. The van der Waals surface area contributed by atoms with Crippen LogP contribution in [-0.2, 0) is 11.2 Å². The van der Waals surface area contributed by atoms with Gasteiger partial charge in [0.1, 0.15) is 0 Å². The number of hydrogen-bond acceptors (Lipinski definition) is 3. The van der Waals surface area contributed by atoms with Gasteiger partial charge >= 0.3 is 0 Å². The molecule has 3 nitrogen and oxygen atoms in total. The number of anilines is 1. The Balaban J connectivity index is 2.36. The van der Waals surface area contributed by atoms with E-state index in [-0.39, 0.29) is 0 Å². The largest absolute Gasteiger partial charge is 0.380 e. The number of hydrogen-bond donors (Lipinski definition) is 1. The van der Waals surface area contributed by atoms with Gasteiger partial charge in [0.25, 0.3) is 0 Å². The van der Waals surface area contributed by atoms with Gasteiger partial charge in [0, 0.05) is 6.61 Å². The number of hydrazine groups is 1. The number of rotatable bonds is 9. The van der Waals surface area contributed by atoms with Crippen LogP contribution in [0.25, 0.3) is 0 Å². The summed E-state index contributed by atoms with van der Waals surface area (Å²) in [5, 5.41) is 1.77. The lowest BCUT2D eigenvalue weighted by Gasteiger charge is -2.19. The van der Waals surface area contributed by atoms with E-state index < -0.39 is 0 Å².